The fourth-order valence-electron chi connectivity index (χ4n) is 1.76. The van der Waals surface area contributed by atoms with Crippen molar-refractivity contribution < 1.29 is 17.6 Å². The Morgan fingerprint density at radius 2 is 1.47 bits per heavy atom. The summed E-state index contributed by atoms with van der Waals surface area (Å²) in [4.78, 5) is 0. The minimum atomic E-state index is -4.70. The largest absolute Gasteiger partial charge is 0.419 e. The smallest absolute Gasteiger partial charge is 0.326 e. The van der Waals surface area contributed by atoms with Crippen LogP contribution in [0.1, 0.15) is 11.1 Å². The van der Waals surface area contributed by atoms with E-state index in [9.17, 15) is 17.6 Å². The van der Waals surface area contributed by atoms with Crippen LogP contribution in [0.25, 0.3) is 11.1 Å². The van der Waals surface area contributed by atoms with Crippen LogP contribution < -0.4 is 5.73 Å². The van der Waals surface area contributed by atoms with E-state index in [1.807, 2.05) is 0 Å². The van der Waals surface area contributed by atoms with E-state index in [1.165, 1.54) is 6.07 Å². The van der Waals surface area contributed by atoms with Gasteiger partial charge in [0.25, 0.3) is 0 Å². The average molecular weight is 269 g/mol. The molecule has 0 heterocycles. The second-order valence-corrected chi connectivity index (χ2v) is 4.09. The van der Waals surface area contributed by atoms with Gasteiger partial charge in [-0.2, -0.15) is 13.2 Å². The van der Waals surface area contributed by atoms with E-state index in [2.05, 4.69) is 0 Å². The Balaban J connectivity index is 2.45. The molecule has 0 bridgehead atoms. The van der Waals surface area contributed by atoms with E-state index >= 15 is 0 Å². The molecule has 0 amide bonds. The summed E-state index contributed by atoms with van der Waals surface area (Å²) in [6, 6.07) is 9.74. The predicted octanol–water partition coefficient (Wildman–Crippen LogP) is 3.97. The Morgan fingerprint density at radius 1 is 0.895 bits per heavy atom. The van der Waals surface area contributed by atoms with Gasteiger partial charge < -0.3 is 5.73 Å². The zero-order chi connectivity index (χ0) is 14.0. The number of nitrogens with two attached hydrogens (primary N) is 1. The number of alkyl halides is 3. The first-order valence-electron chi connectivity index (χ1n) is 5.58. The summed E-state index contributed by atoms with van der Waals surface area (Å²) in [7, 11) is 0. The lowest BCUT2D eigenvalue weighted by Crippen LogP contribution is -2.08. The number of hydrogen-bond acceptors (Lipinski definition) is 1. The Hall–Kier alpha value is -1.88. The minimum absolute atomic E-state index is 0.317. The molecule has 0 saturated heterocycles. The molecule has 2 N–H and O–H groups in total. The second-order valence-electron chi connectivity index (χ2n) is 4.09. The summed E-state index contributed by atoms with van der Waals surface area (Å²) in [5, 5.41) is 0. The highest BCUT2D eigenvalue weighted by molar-refractivity contribution is 5.64. The van der Waals surface area contributed by atoms with Gasteiger partial charge in [-0.05, 0) is 28.8 Å². The highest BCUT2D eigenvalue weighted by Gasteiger charge is 2.34. The van der Waals surface area contributed by atoms with Gasteiger partial charge in [0.15, 0.2) is 0 Å². The van der Waals surface area contributed by atoms with E-state index < -0.39 is 17.6 Å². The van der Waals surface area contributed by atoms with Crippen molar-refractivity contribution in [2.75, 3.05) is 0 Å². The Labute approximate surface area is 107 Å². The molecular formula is C14H11F4N. The van der Waals surface area contributed by atoms with E-state index in [4.69, 9.17) is 5.73 Å². The van der Waals surface area contributed by atoms with Gasteiger partial charge in [0, 0.05) is 6.54 Å². The Morgan fingerprint density at radius 3 is 2.00 bits per heavy atom. The summed E-state index contributed by atoms with van der Waals surface area (Å²) in [6.45, 7) is 0.359. The molecule has 0 radical (unpaired) electrons. The number of hydrogen-bond donors (Lipinski definition) is 1. The monoisotopic (exact) mass is 269 g/mol. The molecule has 5 heteroatoms. The van der Waals surface area contributed by atoms with Crippen LogP contribution >= 0.6 is 0 Å². The molecular weight excluding hydrogens is 258 g/mol. The van der Waals surface area contributed by atoms with Crippen LogP contribution in [0.15, 0.2) is 42.5 Å². The maximum Gasteiger partial charge on any atom is 0.419 e. The molecule has 19 heavy (non-hydrogen) atoms. The van der Waals surface area contributed by atoms with Crippen molar-refractivity contribution in [1.29, 1.82) is 0 Å². The highest BCUT2D eigenvalue weighted by Crippen LogP contribution is 2.34. The van der Waals surface area contributed by atoms with Crippen molar-refractivity contribution in [2.45, 2.75) is 12.7 Å². The first kappa shape index (κ1) is 13.5. The van der Waals surface area contributed by atoms with Crippen molar-refractivity contribution in [3.8, 4) is 11.1 Å². The first-order valence-corrected chi connectivity index (χ1v) is 5.58. The molecule has 0 fully saturated rings. The molecule has 0 aromatic heterocycles. The van der Waals surface area contributed by atoms with Crippen molar-refractivity contribution in [3.05, 3.63) is 59.4 Å². The average Bonchev–Trinajstić information content (AvgIpc) is 2.38. The molecule has 0 aliphatic carbocycles. The van der Waals surface area contributed by atoms with E-state index in [1.54, 1.807) is 24.3 Å². The Bertz CT molecular complexity index is 573. The zero-order valence-electron chi connectivity index (χ0n) is 9.84. The zero-order valence-corrected chi connectivity index (χ0v) is 9.84. The number of halogens is 4. The van der Waals surface area contributed by atoms with Crippen LogP contribution in [0, 0.1) is 5.82 Å². The van der Waals surface area contributed by atoms with Crippen molar-refractivity contribution in [1.82, 2.24) is 0 Å². The van der Waals surface area contributed by atoms with Gasteiger partial charge in [-0.25, -0.2) is 4.39 Å². The van der Waals surface area contributed by atoms with E-state index in [0.29, 0.717) is 17.7 Å². The molecule has 0 aliphatic heterocycles. The predicted molar refractivity (Wildman–Crippen MR) is 64.7 cm³/mol. The number of benzene rings is 2. The summed E-state index contributed by atoms with van der Waals surface area (Å²) in [6.07, 6.45) is -4.70. The molecule has 0 saturated carbocycles. The van der Waals surface area contributed by atoms with Crippen LogP contribution in [0.3, 0.4) is 0 Å². The molecule has 2 rings (SSSR count). The Kier molecular flexibility index (Phi) is 3.57. The first-order chi connectivity index (χ1) is 8.91. The lowest BCUT2D eigenvalue weighted by atomic mass is 10.0. The molecule has 1 nitrogen and oxygen atoms in total. The molecule has 2 aromatic rings. The second kappa shape index (κ2) is 5.01. The van der Waals surface area contributed by atoms with Gasteiger partial charge >= 0.3 is 6.18 Å². The molecule has 0 unspecified atom stereocenters. The third kappa shape index (κ3) is 2.93. The molecule has 100 valence electrons. The normalized spacial score (nSPS) is 11.6. The molecule has 0 aliphatic rings. The van der Waals surface area contributed by atoms with Crippen molar-refractivity contribution in [3.63, 3.8) is 0 Å². The van der Waals surface area contributed by atoms with Gasteiger partial charge in [0.05, 0.1) is 5.56 Å². The SMILES string of the molecule is NCc1ccc(-c2ccc(F)c(C(F)(F)F)c2)cc1. The quantitative estimate of drug-likeness (QED) is 0.820. The summed E-state index contributed by atoms with van der Waals surface area (Å²) < 4.78 is 51.0. The van der Waals surface area contributed by atoms with Crippen LogP contribution in [0.5, 0.6) is 0 Å². The molecule has 0 atom stereocenters. The van der Waals surface area contributed by atoms with Crippen molar-refractivity contribution >= 4 is 0 Å². The van der Waals surface area contributed by atoms with Gasteiger partial charge in [-0.3, -0.25) is 0 Å². The maximum absolute atomic E-state index is 13.2. The highest BCUT2D eigenvalue weighted by atomic mass is 19.4. The lowest BCUT2D eigenvalue weighted by molar-refractivity contribution is -0.139. The molecule has 2 aromatic carbocycles. The topological polar surface area (TPSA) is 26.0 Å². The fraction of sp³-hybridized carbons (Fsp3) is 0.143. The standard InChI is InChI=1S/C14H11F4N/c15-13-6-5-11(7-12(13)14(16,17)18)10-3-1-9(8-19)2-4-10/h1-7H,8,19H2. The van der Waals surface area contributed by atoms with Crippen LogP contribution in [0.2, 0.25) is 0 Å². The minimum Gasteiger partial charge on any atom is -0.326 e. The summed E-state index contributed by atoms with van der Waals surface area (Å²) >= 11 is 0. The van der Waals surface area contributed by atoms with Gasteiger partial charge in [0.2, 0.25) is 0 Å². The lowest BCUT2D eigenvalue weighted by Gasteiger charge is -2.10. The van der Waals surface area contributed by atoms with Gasteiger partial charge in [-0.15, -0.1) is 0 Å². The third-order valence-electron chi connectivity index (χ3n) is 2.79. The van der Waals surface area contributed by atoms with Gasteiger partial charge in [-0.1, -0.05) is 30.3 Å². The van der Waals surface area contributed by atoms with Crippen LogP contribution in [0.4, 0.5) is 17.6 Å². The van der Waals surface area contributed by atoms with Crippen LogP contribution in [-0.2, 0) is 12.7 Å². The van der Waals surface area contributed by atoms with Crippen LogP contribution in [-0.4, -0.2) is 0 Å². The fourth-order valence-corrected chi connectivity index (χ4v) is 1.76. The molecule has 0 spiro atoms. The maximum atomic E-state index is 13.2. The third-order valence-corrected chi connectivity index (χ3v) is 2.79. The van der Waals surface area contributed by atoms with Gasteiger partial charge in [0.1, 0.15) is 5.82 Å². The summed E-state index contributed by atoms with van der Waals surface area (Å²) in [5.74, 6) is -1.27. The number of rotatable bonds is 2. The summed E-state index contributed by atoms with van der Waals surface area (Å²) in [5.41, 5.74) is 5.96. The van der Waals surface area contributed by atoms with E-state index in [0.717, 1.165) is 17.7 Å². The van der Waals surface area contributed by atoms with Crippen molar-refractivity contribution in [2.24, 2.45) is 5.73 Å². The van der Waals surface area contributed by atoms with E-state index in [-0.39, 0.29) is 0 Å².